The van der Waals surface area contributed by atoms with Crippen molar-refractivity contribution in [1.82, 2.24) is 5.32 Å². The maximum atomic E-state index is 12.8. The first-order valence-corrected chi connectivity index (χ1v) is 12.6. The summed E-state index contributed by atoms with van der Waals surface area (Å²) in [7, 11) is -3.66. The Hall–Kier alpha value is -3.86. The Labute approximate surface area is 212 Å². The summed E-state index contributed by atoms with van der Waals surface area (Å²) >= 11 is 0. The van der Waals surface area contributed by atoms with Crippen molar-refractivity contribution in [3.05, 3.63) is 95.6 Å². The SMILES string of the molecule is Cc1ccccc1S(=O)(=O)Nc1ccc(C2(C(=O)NCc3ccccc3)CC2)cc1.O=C(O)C(F)(F)F. The molecule has 37 heavy (non-hydrogen) atoms. The fourth-order valence-corrected chi connectivity index (χ4v) is 4.95. The zero-order valence-electron chi connectivity index (χ0n) is 19.7. The van der Waals surface area contributed by atoms with Gasteiger partial charge in [0.05, 0.1) is 10.3 Å². The molecule has 1 amide bonds. The van der Waals surface area contributed by atoms with Crippen molar-refractivity contribution in [2.45, 2.75) is 42.8 Å². The number of hydrogen-bond acceptors (Lipinski definition) is 4. The molecule has 0 saturated heterocycles. The zero-order valence-corrected chi connectivity index (χ0v) is 20.6. The molecule has 0 atom stereocenters. The van der Waals surface area contributed by atoms with Gasteiger partial charge >= 0.3 is 12.1 Å². The topological polar surface area (TPSA) is 113 Å². The number of carbonyl (C=O) groups excluding carboxylic acids is 1. The lowest BCUT2D eigenvalue weighted by Crippen LogP contribution is -2.34. The first-order chi connectivity index (χ1) is 17.3. The van der Waals surface area contributed by atoms with Crippen molar-refractivity contribution in [2.24, 2.45) is 0 Å². The number of hydrogen-bond donors (Lipinski definition) is 3. The molecule has 0 bridgehead atoms. The molecule has 0 unspecified atom stereocenters. The van der Waals surface area contributed by atoms with Crippen LogP contribution < -0.4 is 10.0 Å². The number of carboxylic acids is 1. The molecule has 1 fully saturated rings. The molecular weight excluding hydrogens is 509 g/mol. The minimum Gasteiger partial charge on any atom is -0.475 e. The van der Waals surface area contributed by atoms with Gasteiger partial charge in [-0.15, -0.1) is 0 Å². The van der Waals surface area contributed by atoms with Gasteiger partial charge in [0.1, 0.15) is 0 Å². The van der Waals surface area contributed by atoms with Crippen LogP contribution in [0, 0.1) is 6.92 Å². The number of aryl methyl sites for hydroxylation is 1. The Balaban J connectivity index is 0.000000479. The highest BCUT2D eigenvalue weighted by atomic mass is 32.2. The second-order valence-electron chi connectivity index (χ2n) is 8.50. The van der Waals surface area contributed by atoms with Crippen LogP contribution in [0.15, 0.2) is 83.8 Å². The van der Waals surface area contributed by atoms with Gasteiger partial charge < -0.3 is 10.4 Å². The Bertz CT molecular complexity index is 1350. The summed E-state index contributed by atoms with van der Waals surface area (Å²) < 4.78 is 59.7. The highest BCUT2D eigenvalue weighted by Gasteiger charge is 2.51. The van der Waals surface area contributed by atoms with Gasteiger partial charge in [-0.3, -0.25) is 9.52 Å². The van der Waals surface area contributed by atoms with Crippen LogP contribution in [0.1, 0.15) is 29.5 Å². The molecule has 11 heteroatoms. The van der Waals surface area contributed by atoms with Gasteiger partial charge in [-0.25, -0.2) is 13.2 Å². The Kier molecular flexibility index (Phi) is 8.27. The van der Waals surface area contributed by atoms with E-state index in [1.54, 1.807) is 43.3 Å². The molecule has 0 heterocycles. The smallest absolute Gasteiger partial charge is 0.475 e. The number of alkyl halides is 3. The van der Waals surface area contributed by atoms with E-state index < -0.39 is 27.6 Å². The van der Waals surface area contributed by atoms with Crippen LogP contribution in [0.2, 0.25) is 0 Å². The third-order valence-corrected chi connectivity index (χ3v) is 7.34. The van der Waals surface area contributed by atoms with E-state index in [1.807, 2.05) is 42.5 Å². The molecule has 3 N–H and O–H groups in total. The zero-order chi connectivity index (χ0) is 27.3. The van der Waals surface area contributed by atoms with E-state index in [0.717, 1.165) is 24.0 Å². The molecule has 1 aliphatic carbocycles. The first-order valence-electron chi connectivity index (χ1n) is 11.2. The van der Waals surface area contributed by atoms with Crippen molar-refractivity contribution in [2.75, 3.05) is 4.72 Å². The monoisotopic (exact) mass is 534 g/mol. The predicted molar refractivity (Wildman–Crippen MR) is 131 cm³/mol. The number of rotatable bonds is 7. The predicted octanol–water partition coefficient (Wildman–Crippen LogP) is 4.78. The third kappa shape index (κ3) is 7.10. The highest BCUT2D eigenvalue weighted by Crippen LogP contribution is 2.48. The van der Waals surface area contributed by atoms with Gasteiger partial charge in [0, 0.05) is 12.2 Å². The molecule has 1 saturated carbocycles. The van der Waals surface area contributed by atoms with Crippen LogP contribution >= 0.6 is 0 Å². The standard InChI is InChI=1S/C24H24N2O3S.C2HF3O2/c1-18-7-5-6-10-22(18)30(28,29)26-21-13-11-20(12-14-21)24(15-16-24)23(27)25-17-19-8-3-2-4-9-19;3-2(4,5)1(6)7/h2-14,26H,15-17H2,1H3,(H,25,27);(H,6,7). The summed E-state index contributed by atoms with van der Waals surface area (Å²) in [6, 6.07) is 23.8. The van der Waals surface area contributed by atoms with E-state index >= 15 is 0 Å². The number of carboxylic acid groups (broad SMARTS) is 1. The van der Waals surface area contributed by atoms with Crippen molar-refractivity contribution >= 4 is 27.6 Å². The first kappa shape index (κ1) is 27.7. The van der Waals surface area contributed by atoms with Crippen LogP contribution in [-0.2, 0) is 31.6 Å². The van der Waals surface area contributed by atoms with Crippen molar-refractivity contribution in [3.8, 4) is 0 Å². The molecule has 3 aromatic rings. The molecule has 1 aliphatic rings. The number of amides is 1. The minimum atomic E-state index is -5.08. The highest BCUT2D eigenvalue weighted by molar-refractivity contribution is 7.92. The molecule has 0 aliphatic heterocycles. The number of anilines is 1. The lowest BCUT2D eigenvalue weighted by atomic mass is 9.94. The summed E-state index contributed by atoms with van der Waals surface area (Å²) in [5.41, 5.74) is 2.62. The van der Waals surface area contributed by atoms with Gasteiger partial charge in [0.2, 0.25) is 5.91 Å². The van der Waals surface area contributed by atoms with Gasteiger partial charge in [0.25, 0.3) is 10.0 Å². The van der Waals surface area contributed by atoms with E-state index in [-0.39, 0.29) is 10.8 Å². The number of carbonyl (C=O) groups is 2. The van der Waals surface area contributed by atoms with E-state index in [4.69, 9.17) is 9.90 Å². The van der Waals surface area contributed by atoms with Crippen LogP contribution in [0.3, 0.4) is 0 Å². The summed E-state index contributed by atoms with van der Waals surface area (Å²) in [6.07, 6.45) is -3.50. The van der Waals surface area contributed by atoms with Crippen molar-refractivity contribution < 1.29 is 36.3 Å². The lowest BCUT2D eigenvalue weighted by Gasteiger charge is -2.17. The summed E-state index contributed by atoms with van der Waals surface area (Å²) in [4.78, 5) is 22.0. The van der Waals surface area contributed by atoms with Crippen molar-refractivity contribution in [1.29, 1.82) is 0 Å². The summed E-state index contributed by atoms with van der Waals surface area (Å²) in [5, 5.41) is 10.2. The number of sulfonamides is 1. The second-order valence-corrected chi connectivity index (χ2v) is 10.2. The van der Waals surface area contributed by atoms with Crippen LogP contribution in [0.5, 0.6) is 0 Å². The molecular formula is C26H25F3N2O5S. The molecule has 3 aromatic carbocycles. The van der Waals surface area contributed by atoms with Gasteiger partial charge in [-0.2, -0.15) is 13.2 Å². The maximum absolute atomic E-state index is 12.8. The summed E-state index contributed by atoms with van der Waals surface area (Å²) in [6.45, 7) is 2.26. The number of halogens is 3. The van der Waals surface area contributed by atoms with Gasteiger partial charge in [-0.1, -0.05) is 60.7 Å². The number of benzene rings is 3. The fraction of sp³-hybridized carbons (Fsp3) is 0.231. The number of aliphatic carboxylic acids is 1. The Morgan fingerprint density at radius 1 is 0.919 bits per heavy atom. The van der Waals surface area contributed by atoms with E-state index in [0.29, 0.717) is 17.8 Å². The fourth-order valence-electron chi connectivity index (χ4n) is 3.64. The number of nitrogens with one attached hydrogen (secondary N) is 2. The van der Waals surface area contributed by atoms with E-state index in [2.05, 4.69) is 10.0 Å². The largest absolute Gasteiger partial charge is 0.490 e. The lowest BCUT2D eigenvalue weighted by molar-refractivity contribution is -0.192. The molecule has 196 valence electrons. The van der Waals surface area contributed by atoms with E-state index in [9.17, 15) is 26.4 Å². The average Bonchev–Trinajstić information content (AvgIpc) is 3.65. The minimum absolute atomic E-state index is 0.0135. The maximum Gasteiger partial charge on any atom is 0.490 e. The molecule has 0 radical (unpaired) electrons. The normalized spacial score (nSPS) is 14.1. The Morgan fingerprint density at radius 2 is 1.46 bits per heavy atom. The second kappa shape index (κ2) is 11.0. The van der Waals surface area contributed by atoms with Gasteiger partial charge in [-0.05, 0) is 54.7 Å². The Morgan fingerprint density at radius 3 is 1.97 bits per heavy atom. The quantitative estimate of drug-likeness (QED) is 0.404. The average molecular weight is 535 g/mol. The molecule has 7 nitrogen and oxygen atoms in total. The van der Waals surface area contributed by atoms with Crippen LogP contribution in [0.4, 0.5) is 18.9 Å². The molecule has 0 aromatic heterocycles. The molecule has 4 rings (SSSR count). The third-order valence-electron chi connectivity index (χ3n) is 5.80. The molecule has 0 spiro atoms. The van der Waals surface area contributed by atoms with E-state index in [1.165, 1.54) is 0 Å². The summed E-state index contributed by atoms with van der Waals surface area (Å²) in [5.74, 6) is -2.74. The van der Waals surface area contributed by atoms with Gasteiger partial charge in [0.15, 0.2) is 0 Å². The van der Waals surface area contributed by atoms with Crippen LogP contribution in [0.25, 0.3) is 0 Å². The van der Waals surface area contributed by atoms with Crippen LogP contribution in [-0.4, -0.2) is 31.6 Å². The van der Waals surface area contributed by atoms with Crippen molar-refractivity contribution in [3.63, 3.8) is 0 Å².